The molecule has 1 N–H and O–H groups in total. The van der Waals surface area contributed by atoms with Gasteiger partial charge in [-0.3, -0.25) is 9.97 Å². The first kappa shape index (κ1) is 41.4. The Balaban J connectivity index is 0.000000188. The molecule has 0 atom stereocenters. The smallest absolute Gasteiger partial charge is 0.443 e. The van der Waals surface area contributed by atoms with Crippen LogP contribution in [0.2, 0.25) is 0 Å². The van der Waals surface area contributed by atoms with Crippen molar-refractivity contribution >= 4 is 29.1 Å². The molecular weight excluding hydrogens is 834 g/mol. The Bertz CT molecular complexity index is 1990. The molecular formula is C40H34IrLiN11-2. The van der Waals surface area contributed by atoms with E-state index in [4.69, 9.17) is 0 Å². The van der Waals surface area contributed by atoms with Gasteiger partial charge in [-0.25, -0.2) is 9.97 Å². The Hall–Kier alpha value is -6.02. The molecule has 0 aliphatic rings. The minimum Gasteiger partial charge on any atom is -0.443 e. The summed E-state index contributed by atoms with van der Waals surface area (Å²) < 4.78 is 1.98. The molecule has 261 valence electrons. The van der Waals surface area contributed by atoms with Crippen LogP contribution in [-0.2, 0) is 27.2 Å². The summed E-state index contributed by atoms with van der Waals surface area (Å²) in [5.41, 5.74) is 1.71. The summed E-state index contributed by atoms with van der Waals surface area (Å²) in [6.07, 6.45) is 14.0. The standard InChI is InChI=1S/C10H9N3.2C10H8N3.C10H9N2.Ir.Li/c3*1-3-7-11-9(5-1)13-10-6-2-4-8-12-10;1-12-8-7-11-10(12)9-5-3-2-4-6-9;;/h1-8H,(H,11,12,13);2*1-8H;2-5,7-8H,1H3;;/q;3*-1;;+1. The second kappa shape index (κ2) is 24.2. The van der Waals surface area contributed by atoms with E-state index in [-0.39, 0.29) is 39.0 Å². The maximum absolute atomic E-state index is 4.22. The van der Waals surface area contributed by atoms with Crippen molar-refractivity contribution in [1.82, 2.24) is 39.5 Å². The third-order valence-corrected chi connectivity index (χ3v) is 6.41. The number of pyridine rings is 6. The van der Waals surface area contributed by atoms with Crippen LogP contribution < -0.4 is 34.6 Å². The van der Waals surface area contributed by atoms with Crippen molar-refractivity contribution in [2.45, 2.75) is 0 Å². The molecule has 0 unspecified atom stereocenters. The first-order valence-electron chi connectivity index (χ1n) is 15.8. The van der Waals surface area contributed by atoms with Gasteiger partial charge in [0.2, 0.25) is 0 Å². The molecule has 7 aromatic heterocycles. The quantitative estimate of drug-likeness (QED) is 0.178. The van der Waals surface area contributed by atoms with E-state index in [0.717, 1.165) is 23.0 Å². The SMILES string of the molecule is Cn1ccnc1-c1[c-]cccc1.[Ir].[Li+].c1ccc(N=c2cccc[n-]2)nc1.c1ccc(Nc2ccccn2)nc1.c1ccc([N-]c2ccccn2)nc1. The third kappa shape index (κ3) is 15.4. The maximum atomic E-state index is 4.22. The van der Waals surface area contributed by atoms with Gasteiger partial charge in [-0.05, 0) is 60.9 Å². The first-order chi connectivity index (χ1) is 25.2. The molecule has 8 aromatic rings. The summed E-state index contributed by atoms with van der Waals surface area (Å²) in [5, 5.41) is 7.30. The Labute approximate surface area is 334 Å². The molecule has 0 saturated heterocycles. The van der Waals surface area contributed by atoms with Gasteiger partial charge in [0.15, 0.2) is 0 Å². The number of hydrogen-bond donors (Lipinski definition) is 1. The number of aryl methyl sites for hydroxylation is 1. The van der Waals surface area contributed by atoms with Crippen LogP contribution in [0, 0.1) is 6.07 Å². The summed E-state index contributed by atoms with van der Waals surface area (Å²) >= 11 is 0. The number of anilines is 2. The van der Waals surface area contributed by atoms with Crippen LogP contribution in [0.5, 0.6) is 0 Å². The second-order valence-electron chi connectivity index (χ2n) is 10.2. The van der Waals surface area contributed by atoms with Gasteiger partial charge >= 0.3 is 18.9 Å². The Morgan fingerprint density at radius 1 is 0.604 bits per heavy atom. The minimum atomic E-state index is 0. The Morgan fingerprint density at radius 2 is 1.17 bits per heavy atom. The second-order valence-corrected chi connectivity index (χ2v) is 10.2. The average molecular weight is 868 g/mol. The molecule has 0 saturated carbocycles. The van der Waals surface area contributed by atoms with Crippen molar-refractivity contribution in [2.24, 2.45) is 12.0 Å². The van der Waals surface area contributed by atoms with E-state index >= 15 is 0 Å². The summed E-state index contributed by atoms with van der Waals surface area (Å²) in [6, 6.07) is 44.8. The number of aromatic nitrogens is 8. The first-order valence-corrected chi connectivity index (χ1v) is 15.8. The number of benzene rings is 1. The van der Waals surface area contributed by atoms with Crippen molar-refractivity contribution in [2.75, 3.05) is 5.32 Å². The average Bonchev–Trinajstić information content (AvgIpc) is 3.64. The summed E-state index contributed by atoms with van der Waals surface area (Å²) in [7, 11) is 1.98. The van der Waals surface area contributed by atoms with Crippen molar-refractivity contribution < 1.29 is 39.0 Å². The zero-order chi connectivity index (χ0) is 35.2. The summed E-state index contributed by atoms with van der Waals surface area (Å²) in [5.74, 6) is 4.61. The van der Waals surface area contributed by atoms with Crippen LogP contribution in [0.15, 0.2) is 188 Å². The maximum Gasteiger partial charge on any atom is 1.00 e. The largest absolute Gasteiger partial charge is 1.00 e. The molecule has 11 nitrogen and oxygen atoms in total. The zero-order valence-electron chi connectivity index (χ0n) is 29.1. The van der Waals surface area contributed by atoms with Gasteiger partial charge in [0.1, 0.15) is 11.6 Å². The molecule has 8 rings (SSSR count). The molecule has 0 amide bonds. The number of nitrogens with zero attached hydrogens (tertiary/aromatic N) is 10. The van der Waals surface area contributed by atoms with Crippen molar-refractivity contribution in [3.05, 3.63) is 200 Å². The summed E-state index contributed by atoms with van der Waals surface area (Å²) in [4.78, 5) is 33.0. The fourth-order valence-corrected chi connectivity index (χ4v) is 4.08. The van der Waals surface area contributed by atoms with Crippen LogP contribution in [0.1, 0.15) is 0 Å². The van der Waals surface area contributed by atoms with E-state index in [0.29, 0.717) is 22.9 Å². The van der Waals surface area contributed by atoms with E-state index in [9.17, 15) is 0 Å². The molecule has 0 bridgehead atoms. The van der Waals surface area contributed by atoms with Gasteiger partial charge in [-0.2, -0.15) is 0 Å². The van der Waals surface area contributed by atoms with Crippen LogP contribution in [-0.4, -0.2) is 34.5 Å². The molecule has 7 heterocycles. The number of hydrogen-bond acceptors (Lipinski definition) is 8. The van der Waals surface area contributed by atoms with Gasteiger partial charge in [-0.15, -0.1) is 35.9 Å². The summed E-state index contributed by atoms with van der Waals surface area (Å²) in [6.45, 7) is 0. The van der Waals surface area contributed by atoms with Crippen LogP contribution in [0.3, 0.4) is 0 Å². The van der Waals surface area contributed by atoms with E-state index in [2.05, 4.69) is 56.6 Å². The predicted molar refractivity (Wildman–Crippen MR) is 200 cm³/mol. The number of rotatable bonds is 6. The van der Waals surface area contributed by atoms with Gasteiger partial charge in [0.25, 0.3) is 0 Å². The molecule has 0 spiro atoms. The van der Waals surface area contributed by atoms with E-state index in [1.807, 2.05) is 151 Å². The molecule has 1 radical (unpaired) electrons. The Morgan fingerprint density at radius 3 is 1.62 bits per heavy atom. The zero-order valence-corrected chi connectivity index (χ0v) is 31.5. The normalized spacial score (nSPS) is 9.79. The van der Waals surface area contributed by atoms with Crippen molar-refractivity contribution in [3.8, 4) is 11.4 Å². The molecule has 13 heteroatoms. The number of imidazole rings is 1. The van der Waals surface area contributed by atoms with Crippen molar-refractivity contribution in [1.29, 1.82) is 0 Å². The molecule has 1 aromatic carbocycles. The van der Waals surface area contributed by atoms with Crippen LogP contribution in [0.25, 0.3) is 16.7 Å². The Kier molecular flexibility index (Phi) is 18.9. The number of nitrogens with one attached hydrogen (secondary N) is 1. The van der Waals surface area contributed by atoms with Gasteiger partial charge in [0, 0.05) is 69.8 Å². The van der Waals surface area contributed by atoms with Crippen LogP contribution >= 0.6 is 0 Å². The van der Waals surface area contributed by atoms with Crippen LogP contribution in [0.4, 0.5) is 29.1 Å². The van der Waals surface area contributed by atoms with Gasteiger partial charge in [0.05, 0.1) is 11.6 Å². The van der Waals surface area contributed by atoms with Gasteiger partial charge in [-0.1, -0.05) is 72.3 Å². The molecule has 0 fully saturated rings. The monoisotopic (exact) mass is 868 g/mol. The topological polar surface area (TPSA) is 135 Å². The van der Waals surface area contributed by atoms with Gasteiger partial charge < -0.3 is 35.1 Å². The predicted octanol–water partition coefficient (Wildman–Crippen LogP) is 5.19. The van der Waals surface area contributed by atoms with E-state index in [1.54, 1.807) is 43.4 Å². The minimum absolute atomic E-state index is 0. The molecule has 53 heavy (non-hydrogen) atoms. The molecule has 0 aliphatic heterocycles. The van der Waals surface area contributed by atoms with E-state index in [1.165, 1.54) is 0 Å². The molecule has 0 aliphatic carbocycles. The van der Waals surface area contributed by atoms with Crippen molar-refractivity contribution in [3.63, 3.8) is 0 Å². The third-order valence-electron chi connectivity index (χ3n) is 6.41. The van der Waals surface area contributed by atoms with E-state index < -0.39 is 0 Å². The fraction of sp³-hybridized carbons (Fsp3) is 0.0250. The fourth-order valence-electron chi connectivity index (χ4n) is 4.08.